The normalized spacial score (nSPS) is 12.8. The number of aryl methyl sites for hydroxylation is 4. The van der Waals surface area contributed by atoms with E-state index in [2.05, 4.69) is 534 Å². The summed E-state index contributed by atoms with van der Waals surface area (Å²) in [6.45, 7) is 9.31. The molecule has 6 heterocycles. The fraction of sp³-hybridized carbons (Fsp3) is 0.0339. The summed E-state index contributed by atoms with van der Waals surface area (Å²) >= 11 is 0. The zero-order chi connectivity index (χ0) is 86.2. The Morgan fingerprint density at radius 2 is 0.333 bits per heavy atom. The van der Waals surface area contributed by atoms with Gasteiger partial charge < -0.3 is 39.2 Å². The first-order valence-electron chi connectivity index (χ1n) is 44.8. The third-order valence-corrected chi connectivity index (χ3v) is 26.5. The Hall–Kier alpha value is -16.2. The third-order valence-electron chi connectivity index (χ3n) is 26.5. The second-order valence-electron chi connectivity index (χ2n) is 34.0. The third kappa shape index (κ3) is 13.2. The molecule has 0 saturated heterocycles. The van der Waals surface area contributed by atoms with Gasteiger partial charge in [0.05, 0.1) is 22.7 Å². The molecule has 6 aliphatic heterocycles. The van der Waals surface area contributed by atoms with Crippen LogP contribution in [-0.4, -0.2) is 20.1 Å². The van der Waals surface area contributed by atoms with Gasteiger partial charge in [-0.05, 0) is 269 Å². The number of benzene rings is 19. The molecule has 0 spiro atoms. The Bertz CT molecular complexity index is 6970. The number of rotatable bonds is 12. The lowest BCUT2D eigenvalue weighted by Crippen LogP contribution is -2.61. The monoisotopic (exact) mass is 1650 g/mol. The SMILES string of the molecule is Cc1cccc(C)c1N(c1cc2c3c(c1)N(c1ccccc1)c1ccccc1B3c1ccccc1N2c1ccccc1)c1c(C)cccc1C.c1ccc(N(c2ccccc2)c2cc3c4c(c2)N(c2ccccc2)c2ccccc2B4c2ccccc2N3c2ccccc2)cc1.c1ccc(N2c3ccccc3B3c4ccccc4N(c4ccccc4)c4cccc2c43)cc1. The first-order valence-corrected chi connectivity index (χ1v) is 44.8. The molecule has 6 aliphatic rings. The Balaban J connectivity index is 0.000000113. The van der Waals surface area contributed by atoms with E-state index in [1.54, 1.807) is 0 Å². The summed E-state index contributed by atoms with van der Waals surface area (Å²) in [4.78, 5) is 19.6. The molecule has 25 rings (SSSR count). The van der Waals surface area contributed by atoms with E-state index < -0.39 is 0 Å². The number of nitrogens with zero attached hydrogens (tertiary/aromatic N) is 8. The van der Waals surface area contributed by atoms with Crippen LogP contribution in [0, 0.1) is 27.7 Å². The van der Waals surface area contributed by atoms with Gasteiger partial charge in [0.2, 0.25) is 0 Å². The second kappa shape index (κ2) is 32.7. The predicted molar refractivity (Wildman–Crippen MR) is 550 cm³/mol. The summed E-state index contributed by atoms with van der Waals surface area (Å²) in [6, 6.07) is 169. The molecule has 129 heavy (non-hydrogen) atoms. The molecule has 0 bridgehead atoms. The fourth-order valence-electron chi connectivity index (χ4n) is 21.3. The predicted octanol–water partition coefficient (Wildman–Crippen LogP) is 25.5. The van der Waals surface area contributed by atoms with Crippen molar-refractivity contribution in [2.24, 2.45) is 0 Å². The molecule has 0 fully saturated rings. The average Bonchev–Trinajstić information content (AvgIpc) is 0.381. The van der Waals surface area contributed by atoms with Crippen LogP contribution in [0.4, 0.5) is 136 Å². The number of hydrogen-bond acceptors (Lipinski definition) is 8. The van der Waals surface area contributed by atoms with Gasteiger partial charge in [-0.2, -0.15) is 0 Å². The highest BCUT2D eigenvalue weighted by Gasteiger charge is 2.48. The van der Waals surface area contributed by atoms with Crippen LogP contribution in [0.2, 0.25) is 0 Å². The maximum absolute atomic E-state index is 2.52. The Morgan fingerprint density at radius 1 is 0.155 bits per heavy atom. The van der Waals surface area contributed by atoms with Crippen molar-refractivity contribution in [2.75, 3.05) is 39.2 Å². The van der Waals surface area contributed by atoms with E-state index in [4.69, 9.17) is 0 Å². The zero-order valence-electron chi connectivity index (χ0n) is 72.3. The zero-order valence-corrected chi connectivity index (χ0v) is 72.3. The number of hydrogen-bond donors (Lipinski definition) is 0. The summed E-state index contributed by atoms with van der Waals surface area (Å²) in [5.41, 5.74) is 45.4. The lowest BCUT2D eigenvalue weighted by molar-refractivity contribution is 1.17. The van der Waals surface area contributed by atoms with Crippen molar-refractivity contribution in [3.63, 3.8) is 0 Å². The van der Waals surface area contributed by atoms with E-state index in [0.29, 0.717) is 0 Å². The molecule has 0 atom stereocenters. The van der Waals surface area contributed by atoms with Crippen molar-refractivity contribution in [1.29, 1.82) is 0 Å². The van der Waals surface area contributed by atoms with Crippen molar-refractivity contribution in [3.05, 3.63) is 489 Å². The quantitative estimate of drug-likeness (QED) is 0.112. The maximum Gasteiger partial charge on any atom is 0.252 e. The van der Waals surface area contributed by atoms with Crippen LogP contribution in [0.1, 0.15) is 22.3 Å². The lowest BCUT2D eigenvalue weighted by atomic mass is 9.33. The van der Waals surface area contributed by atoms with E-state index in [0.717, 1.165) is 45.5 Å². The minimum Gasteiger partial charge on any atom is -0.311 e. The number of anilines is 24. The van der Waals surface area contributed by atoms with E-state index >= 15 is 0 Å². The van der Waals surface area contributed by atoms with Crippen LogP contribution in [0.15, 0.2) is 467 Å². The summed E-state index contributed by atoms with van der Waals surface area (Å²) < 4.78 is 0. The first kappa shape index (κ1) is 77.6. The van der Waals surface area contributed by atoms with Crippen LogP contribution >= 0.6 is 0 Å². The Morgan fingerprint density at radius 3 is 0.574 bits per heavy atom. The molecule has 0 unspecified atom stereocenters. The molecule has 0 radical (unpaired) electrons. The highest BCUT2D eigenvalue weighted by atomic mass is 15.2. The highest BCUT2D eigenvalue weighted by Crippen LogP contribution is 2.53. The van der Waals surface area contributed by atoms with Crippen LogP contribution in [-0.2, 0) is 0 Å². The average molecular weight is 1650 g/mol. The van der Waals surface area contributed by atoms with Gasteiger partial charge in [0, 0.05) is 114 Å². The molecule has 0 saturated carbocycles. The molecule has 0 N–H and O–H groups in total. The van der Waals surface area contributed by atoms with Gasteiger partial charge in [-0.15, -0.1) is 0 Å². The summed E-state index contributed by atoms with van der Waals surface area (Å²) in [5.74, 6) is 0. The molecule has 0 amide bonds. The van der Waals surface area contributed by atoms with Crippen molar-refractivity contribution in [3.8, 4) is 0 Å². The van der Waals surface area contributed by atoms with Crippen LogP contribution in [0.25, 0.3) is 0 Å². The molecule has 11 heteroatoms. The molecular formula is C118H89B3N8. The smallest absolute Gasteiger partial charge is 0.252 e. The van der Waals surface area contributed by atoms with Gasteiger partial charge in [-0.1, -0.05) is 297 Å². The van der Waals surface area contributed by atoms with E-state index in [1.165, 1.54) is 162 Å². The Labute approximate surface area is 756 Å². The molecule has 0 aromatic heterocycles. The summed E-state index contributed by atoms with van der Waals surface area (Å²) in [5, 5.41) is 0. The minimum atomic E-state index is 0.0789. The largest absolute Gasteiger partial charge is 0.311 e. The van der Waals surface area contributed by atoms with Gasteiger partial charge >= 0.3 is 0 Å². The molecule has 19 aromatic rings. The maximum atomic E-state index is 2.52. The molecule has 0 aliphatic carbocycles. The van der Waals surface area contributed by atoms with Crippen LogP contribution < -0.4 is 88.4 Å². The number of fused-ring (bicyclic) bond motifs is 12. The second-order valence-corrected chi connectivity index (χ2v) is 34.0. The summed E-state index contributed by atoms with van der Waals surface area (Å²) in [7, 11) is 0. The first-order chi connectivity index (χ1) is 63.8. The highest BCUT2D eigenvalue weighted by molar-refractivity contribution is 7.02. The van der Waals surface area contributed by atoms with Crippen molar-refractivity contribution in [2.45, 2.75) is 27.7 Å². The topological polar surface area (TPSA) is 25.9 Å². The van der Waals surface area contributed by atoms with Crippen molar-refractivity contribution >= 4 is 206 Å². The minimum absolute atomic E-state index is 0.0789. The van der Waals surface area contributed by atoms with Crippen LogP contribution in [0.5, 0.6) is 0 Å². The van der Waals surface area contributed by atoms with Crippen LogP contribution in [0.3, 0.4) is 0 Å². The number of para-hydroxylation sites is 16. The van der Waals surface area contributed by atoms with Crippen molar-refractivity contribution < 1.29 is 0 Å². The molecule has 610 valence electrons. The van der Waals surface area contributed by atoms with E-state index in [9.17, 15) is 0 Å². The van der Waals surface area contributed by atoms with Gasteiger partial charge in [-0.3, -0.25) is 0 Å². The Kier molecular flexibility index (Phi) is 19.7. The van der Waals surface area contributed by atoms with Gasteiger partial charge in [-0.25, -0.2) is 0 Å². The molecular weight excluding hydrogens is 1560 g/mol. The van der Waals surface area contributed by atoms with Crippen molar-refractivity contribution in [1.82, 2.24) is 0 Å². The lowest BCUT2D eigenvalue weighted by Gasteiger charge is -2.45. The summed E-state index contributed by atoms with van der Waals surface area (Å²) in [6.07, 6.45) is 0. The van der Waals surface area contributed by atoms with Gasteiger partial charge in [0.15, 0.2) is 0 Å². The fourth-order valence-corrected chi connectivity index (χ4v) is 21.3. The molecule has 19 aromatic carbocycles. The van der Waals surface area contributed by atoms with Gasteiger partial charge in [0.1, 0.15) is 0 Å². The van der Waals surface area contributed by atoms with Gasteiger partial charge in [0.25, 0.3) is 20.1 Å². The van der Waals surface area contributed by atoms with E-state index in [1.807, 2.05) is 0 Å². The molecule has 8 nitrogen and oxygen atoms in total. The van der Waals surface area contributed by atoms with E-state index in [-0.39, 0.29) is 20.1 Å². The standard InChI is InChI=1S/C46H38BN3.C42H30BN3.C30H21BN2/c1-31-17-15-18-32(2)45(31)50(46-33(3)19-16-20-34(46)4)37-29-42-44-43(30-37)49(36-23-9-6-10-24-36)41-28-14-12-26-39(41)47(44)38-25-11-13-27-40(38)48(42)35-21-7-5-8-22-35;1-5-17-31(18-6-1)44(32-19-7-2-8-20-32)35-29-40-42-41(30-35)46(34-23-11-4-12-24-34)39-28-16-14-26-37(39)43(42)36-25-13-15-27-38(36)45(40)33-21-9-3-10-22-33;1-3-12-22(13-4-1)32-26-18-9-7-16-24(26)31-25-17-8-10-19-27(25)33(23-14-5-2-6-15-23)29-21-11-20-28(32)30(29)31/h5-30H,1-4H3;1-30H;1-21H.